The van der Waals surface area contributed by atoms with Crippen LogP contribution in [0, 0.1) is 0 Å². The molecule has 1 amide bonds. The summed E-state index contributed by atoms with van der Waals surface area (Å²) < 4.78 is 0. The Hall–Kier alpha value is -1.39. The lowest BCUT2D eigenvalue weighted by molar-refractivity contribution is -0.121. The van der Waals surface area contributed by atoms with Crippen LogP contribution >= 0.6 is 0 Å². The van der Waals surface area contributed by atoms with Gasteiger partial charge in [0.25, 0.3) is 0 Å². The Labute approximate surface area is 134 Å². The molecule has 4 heteroatoms. The minimum Gasteiger partial charge on any atom is -0.354 e. The molecule has 2 unspecified atom stereocenters. The fourth-order valence-corrected chi connectivity index (χ4v) is 3.01. The second-order valence-corrected chi connectivity index (χ2v) is 6.38. The maximum Gasteiger partial charge on any atom is 0.221 e. The van der Waals surface area contributed by atoms with Gasteiger partial charge in [-0.15, -0.1) is 0 Å². The average molecular weight is 303 g/mol. The van der Waals surface area contributed by atoms with E-state index in [0.29, 0.717) is 19.0 Å². The van der Waals surface area contributed by atoms with Gasteiger partial charge in [0.05, 0.1) is 6.04 Å². The van der Waals surface area contributed by atoms with Gasteiger partial charge in [0.2, 0.25) is 5.91 Å². The highest BCUT2D eigenvalue weighted by molar-refractivity contribution is 5.76. The first-order valence-electron chi connectivity index (χ1n) is 8.35. The molecule has 1 saturated heterocycles. The number of likely N-dealkylation sites (N-methyl/N-ethyl adjacent to an activating group) is 1. The van der Waals surface area contributed by atoms with E-state index in [1.165, 1.54) is 17.5 Å². The number of hydrogen-bond acceptors (Lipinski definition) is 3. The van der Waals surface area contributed by atoms with Gasteiger partial charge in [0.1, 0.15) is 0 Å². The van der Waals surface area contributed by atoms with Gasteiger partial charge >= 0.3 is 0 Å². The second kappa shape index (κ2) is 8.30. The van der Waals surface area contributed by atoms with E-state index in [4.69, 9.17) is 0 Å². The summed E-state index contributed by atoms with van der Waals surface area (Å²) in [5.74, 6) is 0.149. The van der Waals surface area contributed by atoms with Gasteiger partial charge in [-0.1, -0.05) is 31.2 Å². The van der Waals surface area contributed by atoms with E-state index in [1.807, 2.05) is 0 Å². The zero-order valence-electron chi connectivity index (χ0n) is 14.1. The van der Waals surface area contributed by atoms with E-state index in [9.17, 15) is 4.79 Å². The Bertz CT molecular complexity index is 464. The third-order valence-corrected chi connectivity index (χ3v) is 4.48. The fourth-order valence-electron chi connectivity index (χ4n) is 3.01. The fraction of sp³-hybridized carbons (Fsp3) is 0.611. The summed E-state index contributed by atoms with van der Waals surface area (Å²) in [6, 6.07) is 9.28. The highest BCUT2D eigenvalue weighted by Gasteiger charge is 2.19. The smallest absolute Gasteiger partial charge is 0.221 e. The minimum atomic E-state index is 0.149. The van der Waals surface area contributed by atoms with Crippen molar-refractivity contribution >= 4 is 5.91 Å². The largest absolute Gasteiger partial charge is 0.354 e. The van der Waals surface area contributed by atoms with Crippen LogP contribution in [0.25, 0.3) is 0 Å². The second-order valence-electron chi connectivity index (χ2n) is 6.38. The van der Waals surface area contributed by atoms with Crippen molar-refractivity contribution in [2.75, 3.05) is 27.2 Å². The van der Waals surface area contributed by atoms with Crippen LogP contribution in [-0.4, -0.2) is 44.0 Å². The van der Waals surface area contributed by atoms with Gasteiger partial charge in [-0.25, -0.2) is 0 Å². The van der Waals surface area contributed by atoms with Crippen molar-refractivity contribution in [3.05, 3.63) is 35.4 Å². The molecule has 1 aromatic rings. The molecule has 0 radical (unpaired) electrons. The van der Waals surface area contributed by atoms with Crippen LogP contribution in [0.2, 0.25) is 0 Å². The summed E-state index contributed by atoms with van der Waals surface area (Å²) in [4.78, 5) is 14.2. The van der Waals surface area contributed by atoms with Crippen molar-refractivity contribution in [1.82, 2.24) is 15.5 Å². The van der Waals surface area contributed by atoms with Gasteiger partial charge in [0.15, 0.2) is 0 Å². The molecule has 122 valence electrons. The number of rotatable bonds is 7. The molecule has 1 fully saturated rings. The minimum absolute atomic E-state index is 0.149. The van der Waals surface area contributed by atoms with Crippen LogP contribution in [0.15, 0.2) is 24.3 Å². The topological polar surface area (TPSA) is 44.4 Å². The van der Waals surface area contributed by atoms with Crippen molar-refractivity contribution in [3.8, 4) is 0 Å². The molecule has 2 N–H and O–H groups in total. The maximum absolute atomic E-state index is 12.1. The molecule has 1 aliphatic heterocycles. The first-order valence-corrected chi connectivity index (χ1v) is 8.35. The molecule has 0 bridgehead atoms. The lowest BCUT2D eigenvalue weighted by atomic mass is 10.0. The molecule has 0 spiro atoms. The van der Waals surface area contributed by atoms with Crippen LogP contribution in [0.5, 0.6) is 0 Å². The third kappa shape index (κ3) is 4.82. The predicted octanol–water partition coefficient (Wildman–Crippen LogP) is 2.11. The van der Waals surface area contributed by atoms with Crippen LogP contribution < -0.4 is 10.6 Å². The van der Waals surface area contributed by atoms with E-state index in [1.54, 1.807) is 0 Å². The third-order valence-electron chi connectivity index (χ3n) is 4.48. The number of carbonyl (C=O) groups excluding carboxylic acids is 1. The summed E-state index contributed by atoms with van der Waals surface area (Å²) in [6.45, 7) is 3.86. The van der Waals surface area contributed by atoms with E-state index in [-0.39, 0.29) is 11.9 Å². The number of nitrogens with zero attached hydrogens (tertiary/aromatic N) is 1. The van der Waals surface area contributed by atoms with Crippen molar-refractivity contribution in [3.63, 3.8) is 0 Å². The lowest BCUT2D eigenvalue weighted by Gasteiger charge is -2.25. The standard InChI is InChI=1S/C18H29N3O/c1-4-14-7-9-15(10-8-14)17(21(2)3)13-20-18(22)12-16-6-5-11-19-16/h7-10,16-17,19H,4-6,11-13H2,1-3H3,(H,20,22). The molecule has 22 heavy (non-hydrogen) atoms. The highest BCUT2D eigenvalue weighted by atomic mass is 16.1. The monoisotopic (exact) mass is 303 g/mol. The summed E-state index contributed by atoms with van der Waals surface area (Å²) in [5, 5.41) is 6.47. The number of amides is 1. The van der Waals surface area contributed by atoms with Crippen molar-refractivity contribution < 1.29 is 4.79 Å². The first kappa shape index (κ1) is 17.0. The zero-order chi connectivity index (χ0) is 15.9. The van der Waals surface area contributed by atoms with E-state index >= 15 is 0 Å². The predicted molar refractivity (Wildman–Crippen MR) is 90.9 cm³/mol. The zero-order valence-corrected chi connectivity index (χ0v) is 14.1. The van der Waals surface area contributed by atoms with E-state index in [0.717, 1.165) is 19.4 Å². The lowest BCUT2D eigenvalue weighted by Crippen LogP contribution is -2.37. The highest BCUT2D eigenvalue weighted by Crippen LogP contribution is 2.18. The SMILES string of the molecule is CCc1ccc(C(CNC(=O)CC2CCCN2)N(C)C)cc1. The van der Waals surface area contributed by atoms with Crippen LogP contribution in [0.1, 0.15) is 43.4 Å². The van der Waals surface area contributed by atoms with E-state index in [2.05, 4.69) is 60.8 Å². The Morgan fingerprint density at radius 1 is 1.36 bits per heavy atom. The summed E-state index contributed by atoms with van der Waals surface area (Å²) >= 11 is 0. The average Bonchev–Trinajstić information content (AvgIpc) is 3.00. The summed E-state index contributed by atoms with van der Waals surface area (Å²) in [7, 11) is 4.12. The Balaban J connectivity index is 1.89. The van der Waals surface area contributed by atoms with Gasteiger partial charge in [-0.2, -0.15) is 0 Å². The molecule has 0 aliphatic carbocycles. The van der Waals surface area contributed by atoms with Crippen molar-refractivity contribution in [1.29, 1.82) is 0 Å². The summed E-state index contributed by atoms with van der Waals surface area (Å²) in [6.07, 6.45) is 3.94. The quantitative estimate of drug-likeness (QED) is 0.811. The Morgan fingerprint density at radius 3 is 2.64 bits per heavy atom. The molecule has 1 aromatic carbocycles. The van der Waals surface area contributed by atoms with E-state index < -0.39 is 0 Å². The molecule has 4 nitrogen and oxygen atoms in total. The molecule has 1 heterocycles. The normalized spacial score (nSPS) is 19.4. The molecule has 0 saturated carbocycles. The van der Waals surface area contributed by atoms with Crippen LogP contribution in [0.3, 0.4) is 0 Å². The molecule has 0 aromatic heterocycles. The van der Waals surface area contributed by atoms with Gasteiger partial charge in [0, 0.05) is 19.0 Å². The molecular formula is C18H29N3O. The molecular weight excluding hydrogens is 274 g/mol. The Morgan fingerprint density at radius 2 is 2.09 bits per heavy atom. The van der Waals surface area contributed by atoms with Gasteiger partial charge in [-0.05, 0) is 51.0 Å². The molecule has 2 atom stereocenters. The number of aryl methyl sites for hydroxylation is 1. The number of nitrogens with one attached hydrogen (secondary N) is 2. The van der Waals surface area contributed by atoms with Crippen LogP contribution in [-0.2, 0) is 11.2 Å². The summed E-state index contributed by atoms with van der Waals surface area (Å²) in [5.41, 5.74) is 2.60. The van der Waals surface area contributed by atoms with Gasteiger partial charge < -0.3 is 15.5 Å². The van der Waals surface area contributed by atoms with Crippen molar-refractivity contribution in [2.24, 2.45) is 0 Å². The number of hydrogen-bond donors (Lipinski definition) is 2. The van der Waals surface area contributed by atoms with Gasteiger partial charge in [-0.3, -0.25) is 4.79 Å². The Kier molecular flexibility index (Phi) is 6.40. The molecule has 1 aliphatic rings. The maximum atomic E-state index is 12.1. The van der Waals surface area contributed by atoms with Crippen LogP contribution in [0.4, 0.5) is 0 Å². The first-order chi connectivity index (χ1) is 10.6. The van der Waals surface area contributed by atoms with Crippen molar-refractivity contribution in [2.45, 2.75) is 44.7 Å². The number of carbonyl (C=O) groups is 1. The molecule has 2 rings (SSSR count). The number of benzene rings is 1.